The number of carboxylic acids is 1. The van der Waals surface area contributed by atoms with E-state index >= 15 is 0 Å². The van der Waals surface area contributed by atoms with E-state index in [9.17, 15) is 9.90 Å². The lowest BCUT2D eigenvalue weighted by Gasteiger charge is -2.37. The Morgan fingerprint density at radius 3 is 2.00 bits per heavy atom. The molecule has 0 amide bonds. The lowest BCUT2D eigenvalue weighted by molar-refractivity contribution is -0.151. The number of likely N-dealkylation sites (N-methyl/N-ethyl adjacent to an activating group) is 1. The zero-order valence-electron chi connectivity index (χ0n) is 11.7. The summed E-state index contributed by atoms with van der Waals surface area (Å²) in [5.41, 5.74) is 1.12. The number of benzene rings is 1. The normalized spacial score (nSPS) is 14.5. The molecule has 3 nitrogen and oxygen atoms in total. The molecule has 1 atom stereocenters. The van der Waals surface area contributed by atoms with Gasteiger partial charge < -0.3 is 5.11 Å². The van der Waals surface area contributed by atoms with Crippen LogP contribution in [0.5, 0.6) is 0 Å². The Morgan fingerprint density at radius 2 is 1.67 bits per heavy atom. The van der Waals surface area contributed by atoms with Crippen molar-refractivity contribution in [1.29, 1.82) is 0 Å². The van der Waals surface area contributed by atoms with Gasteiger partial charge in [0.15, 0.2) is 0 Å². The van der Waals surface area contributed by atoms with Crippen molar-refractivity contribution in [3.8, 4) is 0 Å². The maximum atomic E-state index is 11.7. The van der Waals surface area contributed by atoms with Crippen molar-refractivity contribution in [3.63, 3.8) is 0 Å². The molecule has 0 aliphatic heterocycles. The van der Waals surface area contributed by atoms with Gasteiger partial charge in [-0.15, -0.1) is 0 Å². The first kappa shape index (κ1) is 14.7. The molecule has 1 N–H and O–H groups in total. The Bertz CT molecular complexity index is 395. The zero-order valence-corrected chi connectivity index (χ0v) is 11.7. The van der Waals surface area contributed by atoms with Crippen LogP contribution in [0.2, 0.25) is 0 Å². The Morgan fingerprint density at radius 1 is 1.17 bits per heavy atom. The Hall–Kier alpha value is -1.35. The van der Waals surface area contributed by atoms with Gasteiger partial charge in [0.2, 0.25) is 0 Å². The summed E-state index contributed by atoms with van der Waals surface area (Å²) in [6, 6.07) is 7.90. The first-order valence-electron chi connectivity index (χ1n) is 6.58. The van der Waals surface area contributed by atoms with Gasteiger partial charge >= 0.3 is 5.97 Å². The van der Waals surface area contributed by atoms with Crippen molar-refractivity contribution in [2.75, 3.05) is 13.1 Å². The molecule has 100 valence electrons. The van der Waals surface area contributed by atoms with Gasteiger partial charge in [-0.3, -0.25) is 4.90 Å². The van der Waals surface area contributed by atoms with Crippen LogP contribution in [-0.4, -0.2) is 29.1 Å². The van der Waals surface area contributed by atoms with Crippen molar-refractivity contribution in [2.45, 2.75) is 39.7 Å². The molecular weight excluding hydrogens is 226 g/mol. The number of nitrogens with zero attached hydrogens (tertiary/aromatic N) is 1. The van der Waals surface area contributed by atoms with Crippen LogP contribution in [0.15, 0.2) is 24.3 Å². The molecule has 0 saturated carbocycles. The first-order chi connectivity index (χ1) is 8.50. The molecule has 0 saturated heterocycles. The van der Waals surface area contributed by atoms with E-state index in [-0.39, 0.29) is 0 Å². The van der Waals surface area contributed by atoms with Gasteiger partial charge in [0.05, 0.1) is 0 Å². The number of aryl methyl sites for hydroxylation is 1. The SMILES string of the molecule is CCc1ccc(C(C)(C(=O)O)N(CC)CC)cc1. The second-order valence-electron chi connectivity index (χ2n) is 4.60. The fourth-order valence-electron chi connectivity index (χ4n) is 2.36. The summed E-state index contributed by atoms with van der Waals surface area (Å²) in [7, 11) is 0. The minimum atomic E-state index is -0.949. The van der Waals surface area contributed by atoms with Crippen molar-refractivity contribution < 1.29 is 9.90 Å². The molecule has 0 radical (unpaired) electrons. The average molecular weight is 249 g/mol. The Balaban J connectivity index is 3.21. The van der Waals surface area contributed by atoms with Crippen LogP contribution in [-0.2, 0) is 16.8 Å². The van der Waals surface area contributed by atoms with Gasteiger partial charge in [0.25, 0.3) is 0 Å². The predicted molar refractivity (Wildman–Crippen MR) is 73.7 cm³/mol. The summed E-state index contributed by atoms with van der Waals surface area (Å²) in [4.78, 5) is 13.7. The molecule has 3 heteroatoms. The third kappa shape index (κ3) is 2.56. The monoisotopic (exact) mass is 249 g/mol. The van der Waals surface area contributed by atoms with Gasteiger partial charge in [0.1, 0.15) is 5.54 Å². The molecule has 1 aromatic carbocycles. The largest absolute Gasteiger partial charge is 0.480 e. The van der Waals surface area contributed by atoms with E-state index in [4.69, 9.17) is 0 Å². The quantitative estimate of drug-likeness (QED) is 0.842. The highest BCUT2D eigenvalue weighted by Gasteiger charge is 2.39. The van der Waals surface area contributed by atoms with Gasteiger partial charge in [-0.1, -0.05) is 45.0 Å². The minimum Gasteiger partial charge on any atom is -0.480 e. The Kier molecular flexibility index (Phi) is 4.91. The fourth-order valence-corrected chi connectivity index (χ4v) is 2.36. The third-order valence-corrected chi connectivity index (χ3v) is 3.74. The van der Waals surface area contributed by atoms with E-state index in [0.29, 0.717) is 0 Å². The third-order valence-electron chi connectivity index (χ3n) is 3.74. The molecule has 0 aromatic heterocycles. The first-order valence-corrected chi connectivity index (χ1v) is 6.58. The summed E-state index contributed by atoms with van der Waals surface area (Å²) in [6.45, 7) is 9.29. The maximum Gasteiger partial charge on any atom is 0.328 e. The van der Waals surface area contributed by atoms with E-state index in [1.165, 1.54) is 5.56 Å². The van der Waals surface area contributed by atoms with E-state index in [2.05, 4.69) is 6.92 Å². The molecule has 0 fully saturated rings. The second kappa shape index (κ2) is 6.01. The molecule has 0 spiro atoms. The summed E-state index contributed by atoms with van der Waals surface area (Å²) in [5.74, 6) is -0.796. The van der Waals surface area contributed by atoms with Gasteiger partial charge in [-0.25, -0.2) is 4.79 Å². The predicted octanol–water partition coefficient (Wildman–Crippen LogP) is 2.89. The van der Waals surface area contributed by atoms with E-state index in [1.54, 1.807) is 6.92 Å². The van der Waals surface area contributed by atoms with Crippen molar-refractivity contribution >= 4 is 5.97 Å². The highest BCUT2D eigenvalue weighted by Crippen LogP contribution is 2.28. The van der Waals surface area contributed by atoms with Crippen LogP contribution in [0.3, 0.4) is 0 Å². The topological polar surface area (TPSA) is 40.5 Å². The summed E-state index contributed by atoms with van der Waals surface area (Å²) >= 11 is 0. The van der Waals surface area contributed by atoms with Crippen LogP contribution < -0.4 is 0 Å². The van der Waals surface area contributed by atoms with Crippen LogP contribution in [0.1, 0.15) is 38.8 Å². The molecule has 1 unspecified atom stereocenters. The molecular formula is C15H23NO2. The lowest BCUT2D eigenvalue weighted by Crippen LogP contribution is -2.49. The van der Waals surface area contributed by atoms with Crippen molar-refractivity contribution in [2.24, 2.45) is 0 Å². The fraction of sp³-hybridized carbons (Fsp3) is 0.533. The lowest BCUT2D eigenvalue weighted by atomic mass is 9.89. The molecule has 0 aliphatic carbocycles. The van der Waals surface area contributed by atoms with Crippen molar-refractivity contribution in [3.05, 3.63) is 35.4 Å². The molecule has 0 aliphatic rings. The Labute approximate surface area is 109 Å². The maximum absolute atomic E-state index is 11.7. The van der Waals surface area contributed by atoms with Gasteiger partial charge in [0, 0.05) is 0 Å². The number of aliphatic carboxylic acids is 1. The van der Waals surface area contributed by atoms with Crippen LogP contribution in [0.25, 0.3) is 0 Å². The molecule has 1 aromatic rings. The number of carbonyl (C=O) groups is 1. The number of hydrogen-bond acceptors (Lipinski definition) is 2. The van der Waals surface area contributed by atoms with E-state index < -0.39 is 11.5 Å². The number of hydrogen-bond donors (Lipinski definition) is 1. The summed E-state index contributed by atoms with van der Waals surface area (Å²) < 4.78 is 0. The van der Waals surface area contributed by atoms with Crippen molar-refractivity contribution in [1.82, 2.24) is 4.90 Å². The molecule has 18 heavy (non-hydrogen) atoms. The highest BCUT2D eigenvalue weighted by molar-refractivity contribution is 5.80. The number of carboxylic acid groups (broad SMARTS) is 1. The van der Waals surface area contributed by atoms with E-state index in [0.717, 1.165) is 25.1 Å². The van der Waals surface area contributed by atoms with Gasteiger partial charge in [-0.2, -0.15) is 0 Å². The zero-order chi connectivity index (χ0) is 13.8. The standard InChI is InChI=1S/C15H23NO2/c1-5-12-8-10-13(11-9-12)15(4,14(17)18)16(6-2)7-3/h8-11H,5-7H2,1-4H3,(H,17,18). The molecule has 0 bridgehead atoms. The molecule has 1 rings (SSSR count). The van der Waals surface area contributed by atoms with Crippen LogP contribution in [0.4, 0.5) is 0 Å². The second-order valence-corrected chi connectivity index (χ2v) is 4.60. The minimum absolute atomic E-state index is 0.717. The highest BCUT2D eigenvalue weighted by atomic mass is 16.4. The van der Waals surface area contributed by atoms with Crippen LogP contribution in [0, 0.1) is 0 Å². The molecule has 0 heterocycles. The van der Waals surface area contributed by atoms with E-state index in [1.807, 2.05) is 43.0 Å². The van der Waals surface area contributed by atoms with Crippen LogP contribution >= 0.6 is 0 Å². The van der Waals surface area contributed by atoms with Gasteiger partial charge in [-0.05, 0) is 37.6 Å². The summed E-state index contributed by atoms with van der Waals surface area (Å²) in [6.07, 6.45) is 0.968. The smallest absolute Gasteiger partial charge is 0.328 e. The average Bonchev–Trinajstić information content (AvgIpc) is 2.39. The summed E-state index contributed by atoms with van der Waals surface area (Å²) in [5, 5.41) is 9.60. The number of rotatable bonds is 6.